The van der Waals surface area contributed by atoms with Crippen LogP contribution in [-0.4, -0.2) is 102 Å². The predicted molar refractivity (Wildman–Crippen MR) is 147 cm³/mol. The Balaban J connectivity index is 3.22. The molecule has 8 heteroatoms. The zero-order valence-corrected chi connectivity index (χ0v) is 25.2. The normalized spacial score (nSPS) is 21.8. The largest absolute Gasteiger partial charge is 0.459 e. The summed E-state index contributed by atoms with van der Waals surface area (Å²) in [7, 11) is 1.99. The van der Waals surface area contributed by atoms with Gasteiger partial charge in [0, 0.05) is 37.8 Å². The lowest BCUT2D eigenvalue weighted by molar-refractivity contribution is -0.159. The van der Waals surface area contributed by atoms with Crippen LogP contribution in [0.5, 0.6) is 0 Å². The Labute approximate surface area is 221 Å². The SMILES string of the molecule is CN(CC(=O)OC(C)(C)C)C1(C)CN(CC(=O)OC(C)(C)C)CCN(C(CCCCN)C(C)(C)C)C1. The number of unbranched alkanes of at least 4 members (excludes halogenated alkanes) is 1. The summed E-state index contributed by atoms with van der Waals surface area (Å²) in [6.07, 6.45) is 3.17. The third-order valence-electron chi connectivity index (χ3n) is 6.66. The van der Waals surface area contributed by atoms with E-state index in [0.29, 0.717) is 19.1 Å². The average Bonchev–Trinajstić information content (AvgIpc) is 2.80. The van der Waals surface area contributed by atoms with Crippen LogP contribution in [0.3, 0.4) is 0 Å². The molecule has 0 aromatic heterocycles. The summed E-state index contributed by atoms with van der Waals surface area (Å²) in [5.74, 6) is -0.459. The van der Waals surface area contributed by atoms with Gasteiger partial charge in [0.25, 0.3) is 0 Å². The van der Waals surface area contributed by atoms with E-state index >= 15 is 0 Å². The van der Waals surface area contributed by atoms with Crippen LogP contribution in [-0.2, 0) is 19.1 Å². The number of rotatable bonds is 10. The number of carbonyl (C=O) groups is 2. The van der Waals surface area contributed by atoms with Crippen molar-refractivity contribution in [1.29, 1.82) is 0 Å². The lowest BCUT2D eigenvalue weighted by atomic mass is 9.81. The minimum absolute atomic E-state index is 0.0829. The Hall–Kier alpha value is -1.22. The summed E-state index contributed by atoms with van der Waals surface area (Å²) in [6.45, 7) is 24.6. The Bertz CT molecular complexity index is 708. The predicted octanol–water partition coefficient (Wildman–Crippen LogP) is 3.52. The minimum atomic E-state index is -0.530. The summed E-state index contributed by atoms with van der Waals surface area (Å²) in [4.78, 5) is 32.3. The van der Waals surface area contributed by atoms with Crippen molar-refractivity contribution in [1.82, 2.24) is 14.7 Å². The average molecular weight is 513 g/mol. The first-order chi connectivity index (χ1) is 16.3. The number of hydrogen-bond acceptors (Lipinski definition) is 8. The number of nitrogens with two attached hydrogens (primary N) is 1. The second-order valence-corrected chi connectivity index (χ2v) is 13.9. The number of esters is 2. The highest BCUT2D eigenvalue weighted by Crippen LogP contribution is 2.32. The molecule has 2 N–H and O–H groups in total. The molecule has 0 aromatic carbocycles. The molecule has 0 saturated carbocycles. The molecule has 0 spiro atoms. The highest BCUT2D eigenvalue weighted by Gasteiger charge is 2.42. The van der Waals surface area contributed by atoms with Crippen molar-refractivity contribution in [2.75, 3.05) is 52.9 Å². The number of hydrogen-bond donors (Lipinski definition) is 1. The maximum atomic E-state index is 12.7. The van der Waals surface area contributed by atoms with E-state index in [-0.39, 0.29) is 36.0 Å². The van der Waals surface area contributed by atoms with Crippen LogP contribution in [0.15, 0.2) is 0 Å². The molecule has 8 nitrogen and oxygen atoms in total. The summed E-state index contributed by atoms with van der Waals surface area (Å²) in [5.41, 5.74) is 4.46. The molecule has 1 aliphatic rings. The highest BCUT2D eigenvalue weighted by molar-refractivity contribution is 5.72. The molecule has 36 heavy (non-hydrogen) atoms. The summed E-state index contributed by atoms with van der Waals surface area (Å²) >= 11 is 0. The standard InChI is InChI=1S/C28H56N4O4/c1-25(2,3)22(14-12-13-15-29)32-17-16-31(19-24(34)36-27(7,8)9)20-28(10,21-32)30(11)18-23(33)35-26(4,5)6/h22H,12-21,29H2,1-11H3. The molecule has 0 radical (unpaired) electrons. The van der Waals surface area contributed by atoms with Crippen molar-refractivity contribution < 1.29 is 19.1 Å². The molecule has 212 valence electrons. The van der Waals surface area contributed by atoms with Crippen molar-refractivity contribution in [3.63, 3.8) is 0 Å². The van der Waals surface area contributed by atoms with E-state index < -0.39 is 11.2 Å². The number of nitrogens with zero attached hydrogens (tertiary/aromatic N) is 3. The van der Waals surface area contributed by atoms with E-state index in [4.69, 9.17) is 15.2 Å². The first-order valence-electron chi connectivity index (χ1n) is 13.6. The van der Waals surface area contributed by atoms with Gasteiger partial charge >= 0.3 is 11.9 Å². The van der Waals surface area contributed by atoms with Crippen molar-refractivity contribution in [3.05, 3.63) is 0 Å². The zero-order chi connectivity index (χ0) is 27.9. The van der Waals surface area contributed by atoms with E-state index in [1.165, 1.54) is 0 Å². The molecule has 1 aliphatic heterocycles. The molecule has 1 rings (SSSR count). The minimum Gasteiger partial charge on any atom is -0.459 e. The summed E-state index contributed by atoms with van der Waals surface area (Å²) in [5, 5.41) is 0. The van der Waals surface area contributed by atoms with Crippen molar-refractivity contribution >= 4 is 11.9 Å². The fourth-order valence-electron chi connectivity index (χ4n) is 5.00. The van der Waals surface area contributed by atoms with Gasteiger partial charge in [0.1, 0.15) is 11.2 Å². The monoisotopic (exact) mass is 512 g/mol. The molecule has 0 bridgehead atoms. The van der Waals surface area contributed by atoms with Gasteiger partial charge in [-0.15, -0.1) is 0 Å². The van der Waals surface area contributed by atoms with Gasteiger partial charge in [-0.2, -0.15) is 0 Å². The van der Waals surface area contributed by atoms with E-state index in [2.05, 4.69) is 42.4 Å². The van der Waals surface area contributed by atoms with Crippen LogP contribution in [0.25, 0.3) is 0 Å². The first kappa shape index (κ1) is 32.8. The molecule has 2 unspecified atom stereocenters. The lowest BCUT2D eigenvalue weighted by Crippen LogP contribution is -2.59. The van der Waals surface area contributed by atoms with Gasteiger partial charge < -0.3 is 15.2 Å². The highest BCUT2D eigenvalue weighted by atomic mass is 16.6. The quantitative estimate of drug-likeness (QED) is 0.351. The van der Waals surface area contributed by atoms with E-state index in [1.54, 1.807) is 0 Å². The third-order valence-corrected chi connectivity index (χ3v) is 6.66. The first-order valence-corrected chi connectivity index (χ1v) is 13.6. The zero-order valence-electron chi connectivity index (χ0n) is 25.2. The molecule has 1 saturated heterocycles. The van der Waals surface area contributed by atoms with E-state index in [9.17, 15) is 9.59 Å². The van der Waals surface area contributed by atoms with Crippen molar-refractivity contribution in [2.24, 2.45) is 11.1 Å². The Kier molecular flexibility index (Phi) is 11.9. The maximum Gasteiger partial charge on any atom is 0.320 e. The third kappa shape index (κ3) is 11.9. The van der Waals surface area contributed by atoms with Crippen molar-refractivity contribution in [2.45, 2.75) is 111 Å². The second kappa shape index (κ2) is 13.0. The van der Waals surface area contributed by atoms with Crippen LogP contribution in [0, 0.1) is 5.41 Å². The molecule has 0 amide bonds. The van der Waals surface area contributed by atoms with Gasteiger partial charge in [-0.1, -0.05) is 27.2 Å². The molecular formula is C28H56N4O4. The maximum absolute atomic E-state index is 12.7. The van der Waals surface area contributed by atoms with Crippen LogP contribution in [0.1, 0.15) is 88.5 Å². The van der Waals surface area contributed by atoms with Gasteiger partial charge in [-0.25, -0.2) is 0 Å². The fraction of sp³-hybridized carbons (Fsp3) is 0.929. The lowest BCUT2D eigenvalue weighted by Gasteiger charge is -2.46. The van der Waals surface area contributed by atoms with Crippen molar-refractivity contribution in [3.8, 4) is 0 Å². The van der Waals surface area contributed by atoms with E-state index in [1.807, 2.05) is 48.6 Å². The topological polar surface area (TPSA) is 88.3 Å². The molecule has 0 aromatic rings. The molecule has 1 fully saturated rings. The molecular weight excluding hydrogens is 456 g/mol. The Morgan fingerprint density at radius 2 is 1.47 bits per heavy atom. The van der Waals surface area contributed by atoms with Gasteiger partial charge in [0.05, 0.1) is 13.1 Å². The summed E-state index contributed by atoms with van der Waals surface area (Å²) < 4.78 is 11.3. The van der Waals surface area contributed by atoms with Gasteiger partial charge in [-0.05, 0) is 80.3 Å². The van der Waals surface area contributed by atoms with Crippen LogP contribution >= 0.6 is 0 Å². The molecule has 2 atom stereocenters. The Morgan fingerprint density at radius 1 is 0.917 bits per heavy atom. The van der Waals surface area contributed by atoms with Crippen LogP contribution < -0.4 is 5.73 Å². The van der Waals surface area contributed by atoms with Gasteiger partial charge in [0.2, 0.25) is 0 Å². The Morgan fingerprint density at radius 3 is 1.97 bits per heavy atom. The second-order valence-electron chi connectivity index (χ2n) is 13.9. The number of carbonyl (C=O) groups excluding carboxylic acids is 2. The molecule has 0 aliphatic carbocycles. The summed E-state index contributed by atoms with van der Waals surface area (Å²) in [6, 6.07) is 0.361. The van der Waals surface area contributed by atoms with E-state index in [0.717, 1.165) is 38.9 Å². The number of likely N-dealkylation sites (N-methyl/N-ethyl adjacent to an activating group) is 1. The molecule has 1 heterocycles. The van der Waals surface area contributed by atoms with Gasteiger partial charge in [0.15, 0.2) is 0 Å². The smallest absolute Gasteiger partial charge is 0.320 e. The van der Waals surface area contributed by atoms with Crippen LogP contribution in [0.2, 0.25) is 0 Å². The van der Waals surface area contributed by atoms with Crippen LogP contribution in [0.4, 0.5) is 0 Å². The van der Waals surface area contributed by atoms with Gasteiger partial charge in [-0.3, -0.25) is 24.3 Å². The number of ether oxygens (including phenoxy) is 2. The fourth-order valence-corrected chi connectivity index (χ4v) is 5.00.